The Bertz CT molecular complexity index is 960. The lowest BCUT2D eigenvalue weighted by atomic mass is 10.1. The van der Waals surface area contributed by atoms with Crippen molar-refractivity contribution >= 4 is 33.2 Å². The highest BCUT2D eigenvalue weighted by Gasteiger charge is 2.21. The number of rotatable bonds is 9. The standard InChI is InChI=1S/C19H23N3O5S/c1-27-17-11-6-5-10-16(17)22(28(2,25)26)13-7-12-18(23)21-15-9-4-3-8-14(15)19(20)24/h3-6,8-11H,7,12-13H2,1-2H3,(H2,20,24)(H,21,23). The average Bonchev–Trinajstić information content (AvgIpc) is 2.64. The number of hydrogen-bond acceptors (Lipinski definition) is 5. The minimum absolute atomic E-state index is 0.0638. The van der Waals surface area contributed by atoms with Crippen molar-refractivity contribution in [3.63, 3.8) is 0 Å². The molecule has 2 rings (SSSR count). The summed E-state index contributed by atoms with van der Waals surface area (Å²) in [6, 6.07) is 13.2. The van der Waals surface area contributed by atoms with Crippen molar-refractivity contribution in [2.45, 2.75) is 12.8 Å². The fraction of sp³-hybridized carbons (Fsp3) is 0.263. The Morgan fingerprint density at radius 1 is 1.11 bits per heavy atom. The minimum atomic E-state index is -3.56. The molecule has 0 aliphatic heterocycles. The summed E-state index contributed by atoms with van der Waals surface area (Å²) in [5.41, 5.74) is 6.24. The number of ether oxygens (including phenoxy) is 1. The highest BCUT2D eigenvalue weighted by Crippen LogP contribution is 2.29. The predicted octanol–water partition coefficient (Wildman–Crippen LogP) is 1.98. The maximum atomic E-state index is 12.2. The van der Waals surface area contributed by atoms with E-state index in [9.17, 15) is 18.0 Å². The number of nitrogens with two attached hydrogens (primary N) is 1. The van der Waals surface area contributed by atoms with E-state index >= 15 is 0 Å². The van der Waals surface area contributed by atoms with Crippen molar-refractivity contribution in [2.75, 3.05) is 29.5 Å². The van der Waals surface area contributed by atoms with E-state index in [1.807, 2.05) is 0 Å². The van der Waals surface area contributed by atoms with Crippen molar-refractivity contribution < 1.29 is 22.7 Å². The van der Waals surface area contributed by atoms with Gasteiger partial charge in [-0.2, -0.15) is 0 Å². The molecule has 0 unspecified atom stereocenters. The third-order valence-electron chi connectivity index (χ3n) is 3.99. The normalized spacial score (nSPS) is 10.9. The van der Waals surface area contributed by atoms with Crippen LogP contribution in [0.15, 0.2) is 48.5 Å². The molecule has 2 aromatic rings. The Hall–Kier alpha value is -3.07. The SMILES string of the molecule is COc1ccccc1N(CCCC(=O)Nc1ccccc1C(N)=O)S(C)(=O)=O. The zero-order valence-corrected chi connectivity index (χ0v) is 16.5. The van der Waals surface area contributed by atoms with Gasteiger partial charge in [0.05, 0.1) is 30.3 Å². The van der Waals surface area contributed by atoms with Crippen LogP contribution in [-0.4, -0.2) is 40.1 Å². The van der Waals surface area contributed by atoms with Gasteiger partial charge in [-0.15, -0.1) is 0 Å². The van der Waals surface area contributed by atoms with Crippen molar-refractivity contribution in [1.29, 1.82) is 0 Å². The largest absolute Gasteiger partial charge is 0.495 e. The van der Waals surface area contributed by atoms with Gasteiger partial charge in [-0.25, -0.2) is 8.42 Å². The van der Waals surface area contributed by atoms with Crippen LogP contribution in [0.4, 0.5) is 11.4 Å². The Balaban J connectivity index is 2.05. The second kappa shape index (κ2) is 9.23. The maximum absolute atomic E-state index is 12.2. The van der Waals surface area contributed by atoms with Crippen LogP contribution < -0.4 is 20.1 Å². The van der Waals surface area contributed by atoms with E-state index < -0.39 is 15.9 Å². The number of sulfonamides is 1. The van der Waals surface area contributed by atoms with Gasteiger partial charge in [0.15, 0.2) is 0 Å². The fourth-order valence-electron chi connectivity index (χ4n) is 2.70. The Kier molecular flexibility index (Phi) is 7.00. The van der Waals surface area contributed by atoms with Gasteiger partial charge in [0.25, 0.3) is 5.91 Å². The topological polar surface area (TPSA) is 119 Å². The summed E-state index contributed by atoms with van der Waals surface area (Å²) in [4.78, 5) is 23.6. The second-order valence-electron chi connectivity index (χ2n) is 6.07. The molecule has 8 nitrogen and oxygen atoms in total. The third-order valence-corrected chi connectivity index (χ3v) is 5.17. The summed E-state index contributed by atoms with van der Waals surface area (Å²) in [7, 11) is -2.10. The molecule has 0 saturated heterocycles. The molecule has 0 aliphatic rings. The number of para-hydroxylation sites is 3. The maximum Gasteiger partial charge on any atom is 0.250 e. The van der Waals surface area contributed by atoms with Crippen LogP contribution in [0.5, 0.6) is 5.75 Å². The van der Waals surface area contributed by atoms with Crippen molar-refractivity contribution in [3.8, 4) is 5.75 Å². The number of nitrogens with zero attached hydrogens (tertiary/aromatic N) is 1. The number of nitrogens with one attached hydrogen (secondary N) is 1. The first-order valence-corrected chi connectivity index (χ1v) is 10.4. The Labute approximate surface area is 164 Å². The molecular formula is C19H23N3O5S. The summed E-state index contributed by atoms with van der Waals surface area (Å²) < 4.78 is 30.8. The Morgan fingerprint density at radius 3 is 2.39 bits per heavy atom. The molecule has 0 heterocycles. The molecule has 0 spiro atoms. The van der Waals surface area contributed by atoms with Gasteiger partial charge in [0, 0.05) is 13.0 Å². The van der Waals surface area contributed by atoms with Crippen LogP contribution in [0.2, 0.25) is 0 Å². The lowest BCUT2D eigenvalue weighted by Crippen LogP contribution is -2.31. The first-order chi connectivity index (χ1) is 13.2. The molecule has 2 amide bonds. The number of primary amides is 1. The smallest absolute Gasteiger partial charge is 0.250 e. The number of benzene rings is 2. The zero-order chi connectivity index (χ0) is 20.7. The zero-order valence-electron chi connectivity index (χ0n) is 15.7. The van der Waals surface area contributed by atoms with Gasteiger partial charge in [0.1, 0.15) is 5.75 Å². The van der Waals surface area contributed by atoms with E-state index in [2.05, 4.69) is 5.32 Å². The molecule has 0 aliphatic carbocycles. The van der Waals surface area contributed by atoms with E-state index in [-0.39, 0.29) is 30.9 Å². The summed E-state index contributed by atoms with van der Waals surface area (Å²) in [5.74, 6) is -0.565. The van der Waals surface area contributed by atoms with Crippen LogP contribution in [0.25, 0.3) is 0 Å². The van der Waals surface area contributed by atoms with E-state index in [1.54, 1.807) is 42.5 Å². The van der Waals surface area contributed by atoms with Crippen LogP contribution in [-0.2, 0) is 14.8 Å². The van der Waals surface area contributed by atoms with Crippen LogP contribution in [0, 0.1) is 0 Å². The van der Waals surface area contributed by atoms with E-state index in [0.717, 1.165) is 6.26 Å². The summed E-state index contributed by atoms with van der Waals surface area (Å²) >= 11 is 0. The molecule has 2 aromatic carbocycles. The van der Waals surface area contributed by atoms with E-state index in [4.69, 9.17) is 10.5 Å². The van der Waals surface area contributed by atoms with Crippen LogP contribution >= 0.6 is 0 Å². The molecule has 3 N–H and O–H groups in total. The molecule has 0 saturated carbocycles. The molecule has 0 bridgehead atoms. The number of hydrogen-bond donors (Lipinski definition) is 2. The second-order valence-corrected chi connectivity index (χ2v) is 7.98. The monoisotopic (exact) mass is 405 g/mol. The molecular weight excluding hydrogens is 382 g/mol. The predicted molar refractivity (Wildman–Crippen MR) is 108 cm³/mol. The van der Waals surface area contributed by atoms with Crippen LogP contribution in [0.3, 0.4) is 0 Å². The quantitative estimate of drug-likeness (QED) is 0.661. The van der Waals surface area contributed by atoms with Gasteiger partial charge >= 0.3 is 0 Å². The van der Waals surface area contributed by atoms with Crippen molar-refractivity contribution in [2.24, 2.45) is 5.73 Å². The Morgan fingerprint density at radius 2 is 1.75 bits per heavy atom. The number of carbonyl (C=O) groups excluding carboxylic acids is 2. The molecule has 0 aromatic heterocycles. The minimum Gasteiger partial charge on any atom is -0.495 e. The first kappa shape index (κ1) is 21.2. The van der Waals surface area contributed by atoms with Gasteiger partial charge in [-0.05, 0) is 30.7 Å². The summed E-state index contributed by atoms with van der Waals surface area (Å²) in [6.07, 6.45) is 1.44. The van der Waals surface area contributed by atoms with Crippen LogP contribution in [0.1, 0.15) is 23.2 Å². The lowest BCUT2D eigenvalue weighted by molar-refractivity contribution is -0.116. The molecule has 0 fully saturated rings. The highest BCUT2D eigenvalue weighted by molar-refractivity contribution is 7.92. The van der Waals surface area contributed by atoms with Gasteiger partial charge in [-0.3, -0.25) is 13.9 Å². The lowest BCUT2D eigenvalue weighted by Gasteiger charge is -2.24. The third kappa shape index (κ3) is 5.46. The molecule has 28 heavy (non-hydrogen) atoms. The average molecular weight is 405 g/mol. The van der Waals surface area contributed by atoms with E-state index in [0.29, 0.717) is 17.1 Å². The van der Waals surface area contributed by atoms with Gasteiger partial charge in [-0.1, -0.05) is 24.3 Å². The summed E-state index contributed by atoms with van der Waals surface area (Å²) in [6.45, 7) is 0.101. The highest BCUT2D eigenvalue weighted by atomic mass is 32.2. The fourth-order valence-corrected chi connectivity index (χ4v) is 3.67. The van der Waals surface area contributed by atoms with Crippen molar-refractivity contribution in [1.82, 2.24) is 0 Å². The molecule has 0 atom stereocenters. The number of anilines is 2. The van der Waals surface area contributed by atoms with E-state index in [1.165, 1.54) is 17.5 Å². The number of carbonyl (C=O) groups is 2. The number of methoxy groups -OCH3 is 1. The van der Waals surface area contributed by atoms with Gasteiger partial charge in [0.2, 0.25) is 15.9 Å². The molecule has 150 valence electrons. The van der Waals surface area contributed by atoms with Crippen molar-refractivity contribution in [3.05, 3.63) is 54.1 Å². The number of amides is 2. The summed E-state index contributed by atoms with van der Waals surface area (Å²) in [5, 5.41) is 2.63. The first-order valence-electron chi connectivity index (χ1n) is 8.53. The molecule has 0 radical (unpaired) electrons. The van der Waals surface area contributed by atoms with Gasteiger partial charge < -0.3 is 15.8 Å². The molecule has 9 heteroatoms.